The third-order valence-corrected chi connectivity index (χ3v) is 5.41. The molecule has 5 nitrogen and oxygen atoms in total. The first-order valence-corrected chi connectivity index (χ1v) is 8.04. The van der Waals surface area contributed by atoms with Gasteiger partial charge in [-0.1, -0.05) is 6.92 Å². The molecule has 7 heteroatoms. The molecular weight excluding hydrogens is 283 g/mol. The largest absolute Gasteiger partial charge is 0.396 e. The number of anilines is 2. The number of nitrogen functional groups attached to an aromatic ring is 1. The van der Waals surface area contributed by atoms with Crippen LogP contribution in [0.2, 0.25) is 0 Å². The number of halogens is 1. The predicted molar refractivity (Wildman–Crippen MR) is 77.6 cm³/mol. The van der Waals surface area contributed by atoms with Gasteiger partial charge in [-0.05, 0) is 31.5 Å². The quantitative estimate of drug-likeness (QED) is 0.786. The van der Waals surface area contributed by atoms with Crippen LogP contribution in [0.4, 0.5) is 15.8 Å². The van der Waals surface area contributed by atoms with Crippen LogP contribution in [-0.4, -0.2) is 25.3 Å². The maximum Gasteiger partial charge on any atom is 0.225 e. The Balaban J connectivity index is 2.58. The first kappa shape index (κ1) is 16.4. The monoisotopic (exact) mass is 302 g/mol. The van der Waals surface area contributed by atoms with Gasteiger partial charge >= 0.3 is 0 Å². The second kappa shape index (κ2) is 6.69. The van der Waals surface area contributed by atoms with Crippen molar-refractivity contribution in [3.8, 4) is 0 Å². The fourth-order valence-electron chi connectivity index (χ4n) is 1.54. The molecule has 1 aromatic rings. The standard InChI is InChI=1S/C13H19FN2O3S/c1-3-9(2)20(18,19)7-6-13(17)16-10-4-5-11(14)12(15)8-10/h4-5,8-9H,3,6-7,15H2,1-2H3,(H,16,17). The number of amides is 1. The maximum absolute atomic E-state index is 13.0. The van der Waals surface area contributed by atoms with E-state index in [4.69, 9.17) is 5.73 Å². The Bertz CT molecular complexity index is 587. The molecule has 20 heavy (non-hydrogen) atoms. The lowest BCUT2D eigenvalue weighted by Crippen LogP contribution is -2.24. The van der Waals surface area contributed by atoms with Gasteiger partial charge in [-0.25, -0.2) is 12.8 Å². The van der Waals surface area contributed by atoms with E-state index >= 15 is 0 Å². The highest BCUT2D eigenvalue weighted by Crippen LogP contribution is 2.16. The normalized spacial score (nSPS) is 12.9. The summed E-state index contributed by atoms with van der Waals surface area (Å²) < 4.78 is 36.5. The van der Waals surface area contributed by atoms with Crippen LogP contribution in [0.1, 0.15) is 26.7 Å². The highest BCUT2D eigenvalue weighted by atomic mass is 32.2. The van der Waals surface area contributed by atoms with Gasteiger partial charge in [-0.2, -0.15) is 0 Å². The molecule has 0 fully saturated rings. The molecule has 0 saturated carbocycles. The van der Waals surface area contributed by atoms with E-state index in [1.807, 2.05) is 0 Å². The number of carbonyl (C=O) groups is 1. The zero-order chi connectivity index (χ0) is 15.3. The van der Waals surface area contributed by atoms with Crippen LogP contribution < -0.4 is 11.1 Å². The van der Waals surface area contributed by atoms with Crippen LogP contribution in [0, 0.1) is 5.82 Å². The van der Waals surface area contributed by atoms with E-state index in [-0.39, 0.29) is 17.9 Å². The molecular formula is C13H19FN2O3S. The number of hydrogen-bond acceptors (Lipinski definition) is 4. The van der Waals surface area contributed by atoms with Crippen molar-refractivity contribution in [3.05, 3.63) is 24.0 Å². The molecule has 0 aromatic heterocycles. The molecule has 0 aliphatic rings. The van der Waals surface area contributed by atoms with Gasteiger partial charge in [0, 0.05) is 12.1 Å². The number of nitrogens with two attached hydrogens (primary N) is 1. The molecule has 1 rings (SSSR count). The zero-order valence-electron chi connectivity index (χ0n) is 11.5. The van der Waals surface area contributed by atoms with Gasteiger partial charge < -0.3 is 11.1 Å². The summed E-state index contributed by atoms with van der Waals surface area (Å²) in [7, 11) is -3.26. The van der Waals surface area contributed by atoms with Crippen LogP contribution >= 0.6 is 0 Å². The van der Waals surface area contributed by atoms with E-state index in [2.05, 4.69) is 5.32 Å². The number of carbonyl (C=O) groups excluding carboxylic acids is 1. The van der Waals surface area contributed by atoms with E-state index in [1.165, 1.54) is 12.1 Å². The number of sulfone groups is 1. The third kappa shape index (κ3) is 4.48. The number of rotatable bonds is 6. The molecule has 112 valence electrons. The Morgan fingerprint density at radius 2 is 2.10 bits per heavy atom. The van der Waals surface area contributed by atoms with Gasteiger partial charge in [0.15, 0.2) is 9.84 Å². The first-order valence-electron chi connectivity index (χ1n) is 6.32. The summed E-state index contributed by atoms with van der Waals surface area (Å²) in [6, 6.07) is 3.80. The lowest BCUT2D eigenvalue weighted by molar-refractivity contribution is -0.115. The van der Waals surface area contributed by atoms with E-state index in [0.717, 1.165) is 6.07 Å². The molecule has 0 heterocycles. The summed E-state index contributed by atoms with van der Waals surface area (Å²) in [6.07, 6.45) is 0.377. The van der Waals surface area contributed by atoms with Crippen molar-refractivity contribution in [2.45, 2.75) is 31.9 Å². The Morgan fingerprint density at radius 1 is 1.45 bits per heavy atom. The van der Waals surface area contributed by atoms with E-state index in [9.17, 15) is 17.6 Å². The Hall–Kier alpha value is -1.63. The minimum Gasteiger partial charge on any atom is -0.396 e. The fraction of sp³-hybridized carbons (Fsp3) is 0.462. The highest BCUT2D eigenvalue weighted by Gasteiger charge is 2.20. The van der Waals surface area contributed by atoms with Crippen molar-refractivity contribution in [2.75, 3.05) is 16.8 Å². The van der Waals surface area contributed by atoms with Crippen LogP contribution in [0.15, 0.2) is 18.2 Å². The van der Waals surface area contributed by atoms with Crippen molar-refractivity contribution >= 4 is 27.1 Å². The van der Waals surface area contributed by atoms with Crippen LogP contribution in [0.3, 0.4) is 0 Å². The van der Waals surface area contributed by atoms with Crippen LogP contribution in [0.25, 0.3) is 0 Å². The first-order chi connectivity index (χ1) is 9.26. The van der Waals surface area contributed by atoms with Crippen molar-refractivity contribution < 1.29 is 17.6 Å². The minimum absolute atomic E-state index is 0.0740. The van der Waals surface area contributed by atoms with Crippen molar-refractivity contribution in [3.63, 3.8) is 0 Å². The predicted octanol–water partition coefficient (Wildman–Crippen LogP) is 1.95. The van der Waals surface area contributed by atoms with Crippen LogP contribution in [0.5, 0.6) is 0 Å². The molecule has 3 N–H and O–H groups in total. The number of hydrogen-bond donors (Lipinski definition) is 2. The van der Waals surface area contributed by atoms with Crippen molar-refractivity contribution in [2.24, 2.45) is 0 Å². The number of nitrogens with one attached hydrogen (secondary N) is 1. The van der Waals surface area contributed by atoms with Gasteiger partial charge in [0.25, 0.3) is 0 Å². The molecule has 0 aliphatic heterocycles. The molecule has 0 aliphatic carbocycles. The zero-order valence-corrected chi connectivity index (χ0v) is 12.3. The van der Waals surface area contributed by atoms with E-state index < -0.39 is 26.8 Å². The maximum atomic E-state index is 13.0. The smallest absolute Gasteiger partial charge is 0.225 e. The average molecular weight is 302 g/mol. The number of benzene rings is 1. The van der Waals surface area contributed by atoms with Gasteiger partial charge in [0.1, 0.15) is 5.82 Å². The van der Waals surface area contributed by atoms with Gasteiger partial charge in [0.05, 0.1) is 16.7 Å². The summed E-state index contributed by atoms with van der Waals surface area (Å²) in [5.74, 6) is -1.21. The lowest BCUT2D eigenvalue weighted by Gasteiger charge is -2.10. The molecule has 1 amide bonds. The topological polar surface area (TPSA) is 89.3 Å². The molecule has 0 saturated heterocycles. The summed E-state index contributed by atoms with van der Waals surface area (Å²) in [5.41, 5.74) is 5.64. The summed E-state index contributed by atoms with van der Waals surface area (Å²) in [4.78, 5) is 11.7. The van der Waals surface area contributed by atoms with Crippen molar-refractivity contribution in [1.29, 1.82) is 0 Å². The summed E-state index contributed by atoms with van der Waals surface area (Å²) in [6.45, 7) is 3.40. The Morgan fingerprint density at radius 3 is 2.65 bits per heavy atom. The average Bonchev–Trinajstić information content (AvgIpc) is 2.40. The molecule has 0 radical (unpaired) electrons. The second-order valence-electron chi connectivity index (χ2n) is 4.62. The molecule has 0 bridgehead atoms. The SMILES string of the molecule is CCC(C)S(=O)(=O)CCC(=O)Nc1ccc(F)c(N)c1. The minimum atomic E-state index is -3.26. The Kier molecular flexibility index (Phi) is 5.50. The van der Waals surface area contributed by atoms with Crippen LogP contribution in [-0.2, 0) is 14.6 Å². The van der Waals surface area contributed by atoms with Gasteiger partial charge in [-0.3, -0.25) is 4.79 Å². The Labute approximate surface area is 118 Å². The molecule has 1 atom stereocenters. The third-order valence-electron chi connectivity index (χ3n) is 3.08. The summed E-state index contributed by atoms with van der Waals surface area (Å²) in [5, 5.41) is 2.03. The molecule has 0 spiro atoms. The van der Waals surface area contributed by atoms with E-state index in [0.29, 0.717) is 12.1 Å². The van der Waals surface area contributed by atoms with Gasteiger partial charge in [-0.15, -0.1) is 0 Å². The van der Waals surface area contributed by atoms with Crippen molar-refractivity contribution in [1.82, 2.24) is 0 Å². The lowest BCUT2D eigenvalue weighted by atomic mass is 10.2. The fourth-order valence-corrected chi connectivity index (χ4v) is 2.92. The van der Waals surface area contributed by atoms with E-state index in [1.54, 1.807) is 13.8 Å². The molecule has 1 aromatic carbocycles. The molecule has 1 unspecified atom stereocenters. The van der Waals surface area contributed by atoms with Gasteiger partial charge in [0.2, 0.25) is 5.91 Å². The summed E-state index contributed by atoms with van der Waals surface area (Å²) >= 11 is 0. The highest BCUT2D eigenvalue weighted by molar-refractivity contribution is 7.92. The second-order valence-corrected chi connectivity index (χ2v) is 7.16.